The summed E-state index contributed by atoms with van der Waals surface area (Å²) >= 11 is 0. The van der Waals surface area contributed by atoms with Crippen LogP contribution in [0.1, 0.15) is 0 Å². The molecule has 0 atom stereocenters. The molecule has 0 aliphatic carbocycles. The lowest BCUT2D eigenvalue weighted by molar-refractivity contribution is 0.930. The number of hydrogen-bond acceptors (Lipinski definition) is 3. The van der Waals surface area contributed by atoms with E-state index in [2.05, 4.69) is 9.97 Å². The van der Waals surface area contributed by atoms with E-state index in [9.17, 15) is 0 Å². The number of anilines is 1. The summed E-state index contributed by atoms with van der Waals surface area (Å²) in [5.41, 5.74) is 7.52. The third-order valence-electron chi connectivity index (χ3n) is 1.89. The van der Waals surface area contributed by atoms with Crippen LogP contribution >= 0.6 is 0 Å². The van der Waals surface area contributed by atoms with Crippen LogP contribution in [-0.2, 0) is 7.05 Å². The molecule has 0 aromatic carbocycles. The zero-order valence-corrected chi connectivity index (χ0v) is 7.31. The Bertz CT molecular complexity index is 385. The van der Waals surface area contributed by atoms with Crippen LogP contribution in [0.25, 0.3) is 11.3 Å². The minimum Gasteiger partial charge on any atom is -0.369 e. The molecular formula is C9H10N4. The molecular weight excluding hydrogens is 164 g/mol. The van der Waals surface area contributed by atoms with E-state index < -0.39 is 0 Å². The van der Waals surface area contributed by atoms with Gasteiger partial charge >= 0.3 is 0 Å². The first-order valence-electron chi connectivity index (χ1n) is 3.96. The van der Waals surface area contributed by atoms with Crippen LogP contribution in [0.2, 0.25) is 0 Å². The van der Waals surface area contributed by atoms with Crippen LogP contribution in [0.5, 0.6) is 0 Å². The quantitative estimate of drug-likeness (QED) is 0.703. The summed E-state index contributed by atoms with van der Waals surface area (Å²) in [6.45, 7) is 0. The van der Waals surface area contributed by atoms with E-state index in [-0.39, 0.29) is 0 Å². The fourth-order valence-electron chi connectivity index (χ4n) is 1.14. The van der Waals surface area contributed by atoms with Crippen molar-refractivity contribution in [1.82, 2.24) is 14.5 Å². The lowest BCUT2D eigenvalue weighted by Gasteiger charge is -1.92. The molecule has 0 unspecified atom stereocenters. The number of nitrogens with zero attached hydrogens (tertiary/aromatic N) is 3. The van der Waals surface area contributed by atoms with Crippen LogP contribution in [-0.4, -0.2) is 14.5 Å². The normalized spacial score (nSPS) is 10.2. The van der Waals surface area contributed by atoms with E-state index in [0.717, 1.165) is 11.3 Å². The Morgan fingerprint density at radius 2 is 2.00 bits per heavy atom. The molecule has 0 spiro atoms. The van der Waals surface area contributed by atoms with E-state index >= 15 is 0 Å². The van der Waals surface area contributed by atoms with Crippen molar-refractivity contribution < 1.29 is 0 Å². The number of aryl methyl sites for hydroxylation is 1. The number of rotatable bonds is 1. The zero-order chi connectivity index (χ0) is 9.26. The predicted octanol–water partition coefficient (Wildman–Crippen LogP) is 1.06. The average molecular weight is 174 g/mol. The maximum absolute atomic E-state index is 5.61. The maximum Gasteiger partial charge on any atom is 0.200 e. The van der Waals surface area contributed by atoms with Gasteiger partial charge in [-0.3, -0.25) is 4.98 Å². The summed E-state index contributed by atoms with van der Waals surface area (Å²) in [5, 5.41) is 0. The molecule has 0 aliphatic heterocycles. The smallest absolute Gasteiger partial charge is 0.200 e. The molecule has 66 valence electrons. The molecule has 2 N–H and O–H groups in total. The Labute approximate surface area is 76.1 Å². The molecule has 2 aromatic rings. The van der Waals surface area contributed by atoms with Gasteiger partial charge in [-0.2, -0.15) is 0 Å². The molecule has 0 saturated carbocycles. The maximum atomic E-state index is 5.61. The number of hydrogen-bond donors (Lipinski definition) is 1. The van der Waals surface area contributed by atoms with Crippen molar-refractivity contribution in [1.29, 1.82) is 0 Å². The Hall–Kier alpha value is -1.84. The van der Waals surface area contributed by atoms with Crippen LogP contribution in [0, 0.1) is 0 Å². The van der Waals surface area contributed by atoms with Gasteiger partial charge in [0, 0.05) is 31.2 Å². The highest BCUT2D eigenvalue weighted by Gasteiger charge is 2.02. The van der Waals surface area contributed by atoms with Gasteiger partial charge in [-0.05, 0) is 12.1 Å². The standard InChI is InChI=1S/C9H10N4/c1-13-6-8(12-9(13)10)7-2-4-11-5-3-7/h2-6H,1H3,(H2,10,12). The molecule has 2 aromatic heterocycles. The van der Waals surface area contributed by atoms with Gasteiger partial charge in [0.15, 0.2) is 5.95 Å². The fraction of sp³-hybridized carbons (Fsp3) is 0.111. The monoisotopic (exact) mass is 174 g/mol. The van der Waals surface area contributed by atoms with Crippen molar-refractivity contribution in [3.63, 3.8) is 0 Å². The molecule has 2 rings (SSSR count). The summed E-state index contributed by atoms with van der Waals surface area (Å²) in [6.07, 6.45) is 5.37. The zero-order valence-electron chi connectivity index (χ0n) is 7.31. The number of pyridine rings is 1. The summed E-state index contributed by atoms with van der Waals surface area (Å²) in [5.74, 6) is 0.520. The van der Waals surface area contributed by atoms with E-state index in [4.69, 9.17) is 5.73 Å². The number of nitrogen functional groups attached to an aromatic ring is 1. The summed E-state index contributed by atoms with van der Waals surface area (Å²) in [6, 6.07) is 3.81. The summed E-state index contributed by atoms with van der Waals surface area (Å²) < 4.78 is 1.79. The van der Waals surface area contributed by atoms with Gasteiger partial charge in [-0.25, -0.2) is 4.98 Å². The molecule has 0 amide bonds. The van der Waals surface area contributed by atoms with Gasteiger partial charge in [0.05, 0.1) is 5.69 Å². The first-order chi connectivity index (χ1) is 6.27. The fourth-order valence-corrected chi connectivity index (χ4v) is 1.14. The SMILES string of the molecule is Cn1cc(-c2ccncc2)nc1N. The number of imidazole rings is 1. The average Bonchev–Trinajstić information content (AvgIpc) is 2.49. The molecule has 4 heteroatoms. The van der Waals surface area contributed by atoms with E-state index in [1.54, 1.807) is 17.0 Å². The number of aromatic nitrogens is 3. The largest absolute Gasteiger partial charge is 0.369 e. The van der Waals surface area contributed by atoms with Crippen LogP contribution in [0.3, 0.4) is 0 Å². The third-order valence-corrected chi connectivity index (χ3v) is 1.89. The minimum atomic E-state index is 0.520. The molecule has 2 heterocycles. The second kappa shape index (κ2) is 2.90. The second-order valence-corrected chi connectivity index (χ2v) is 2.83. The van der Waals surface area contributed by atoms with Gasteiger partial charge in [-0.1, -0.05) is 0 Å². The van der Waals surface area contributed by atoms with Crippen LogP contribution < -0.4 is 5.73 Å². The Morgan fingerprint density at radius 1 is 1.31 bits per heavy atom. The molecule has 0 fully saturated rings. The number of nitrogens with two attached hydrogens (primary N) is 1. The van der Waals surface area contributed by atoms with Crippen LogP contribution in [0.4, 0.5) is 5.95 Å². The molecule has 0 saturated heterocycles. The van der Waals surface area contributed by atoms with Gasteiger partial charge in [-0.15, -0.1) is 0 Å². The van der Waals surface area contributed by atoms with Crippen molar-refractivity contribution in [3.8, 4) is 11.3 Å². The first-order valence-corrected chi connectivity index (χ1v) is 3.96. The second-order valence-electron chi connectivity index (χ2n) is 2.83. The topological polar surface area (TPSA) is 56.7 Å². The van der Waals surface area contributed by atoms with Gasteiger partial charge in [0.2, 0.25) is 0 Å². The molecule has 0 radical (unpaired) electrons. The van der Waals surface area contributed by atoms with Gasteiger partial charge < -0.3 is 10.3 Å². The Balaban J connectivity index is 2.48. The van der Waals surface area contributed by atoms with E-state index in [0.29, 0.717) is 5.95 Å². The highest BCUT2D eigenvalue weighted by molar-refractivity contribution is 5.59. The highest BCUT2D eigenvalue weighted by atomic mass is 15.1. The molecule has 4 nitrogen and oxygen atoms in total. The van der Waals surface area contributed by atoms with Crippen molar-refractivity contribution in [3.05, 3.63) is 30.7 Å². The van der Waals surface area contributed by atoms with Crippen molar-refractivity contribution in [2.75, 3.05) is 5.73 Å². The van der Waals surface area contributed by atoms with Gasteiger partial charge in [0.25, 0.3) is 0 Å². The molecule has 0 aliphatic rings. The van der Waals surface area contributed by atoms with Crippen LogP contribution in [0.15, 0.2) is 30.7 Å². The highest BCUT2D eigenvalue weighted by Crippen LogP contribution is 2.17. The lowest BCUT2D eigenvalue weighted by Crippen LogP contribution is -1.94. The summed E-state index contributed by atoms with van der Waals surface area (Å²) in [4.78, 5) is 8.13. The molecule has 0 bridgehead atoms. The predicted molar refractivity (Wildman–Crippen MR) is 50.9 cm³/mol. The first kappa shape index (κ1) is 7.79. The lowest BCUT2D eigenvalue weighted by atomic mass is 10.2. The van der Waals surface area contributed by atoms with Crippen molar-refractivity contribution in [2.24, 2.45) is 7.05 Å². The van der Waals surface area contributed by atoms with E-state index in [1.165, 1.54) is 0 Å². The summed E-state index contributed by atoms with van der Waals surface area (Å²) in [7, 11) is 1.87. The van der Waals surface area contributed by atoms with Crippen molar-refractivity contribution in [2.45, 2.75) is 0 Å². The third kappa shape index (κ3) is 1.38. The Kier molecular flexibility index (Phi) is 1.73. The van der Waals surface area contributed by atoms with E-state index in [1.807, 2.05) is 25.4 Å². The molecule has 13 heavy (non-hydrogen) atoms. The van der Waals surface area contributed by atoms with Crippen molar-refractivity contribution >= 4 is 5.95 Å². The van der Waals surface area contributed by atoms with Gasteiger partial charge in [0.1, 0.15) is 0 Å². The minimum absolute atomic E-state index is 0.520. The Morgan fingerprint density at radius 3 is 2.54 bits per heavy atom.